The van der Waals surface area contributed by atoms with Crippen LogP contribution < -0.4 is 15.2 Å². The minimum atomic E-state index is 0.433. The van der Waals surface area contributed by atoms with Crippen molar-refractivity contribution in [2.45, 2.75) is 33.2 Å². The van der Waals surface area contributed by atoms with Gasteiger partial charge in [-0.2, -0.15) is 0 Å². The molecule has 1 aromatic carbocycles. The van der Waals surface area contributed by atoms with Crippen LogP contribution in [0.15, 0.2) is 12.1 Å². The molecular formula is C14H22ClNO2. The van der Waals surface area contributed by atoms with Crippen molar-refractivity contribution in [3.8, 4) is 11.5 Å². The van der Waals surface area contributed by atoms with Gasteiger partial charge in [0.1, 0.15) is 0 Å². The monoisotopic (exact) mass is 271 g/mol. The largest absolute Gasteiger partial charge is 0.493 e. The number of hydrogen-bond acceptors (Lipinski definition) is 3. The Hall–Kier alpha value is -0.930. The first-order valence-corrected chi connectivity index (χ1v) is 6.73. The van der Waals surface area contributed by atoms with Gasteiger partial charge in [0.05, 0.1) is 18.7 Å². The molecule has 0 aliphatic rings. The first-order chi connectivity index (χ1) is 8.65. The van der Waals surface area contributed by atoms with Crippen LogP contribution in [-0.4, -0.2) is 13.7 Å². The van der Waals surface area contributed by atoms with E-state index in [0.29, 0.717) is 35.6 Å². The van der Waals surface area contributed by atoms with Crippen molar-refractivity contribution in [1.29, 1.82) is 0 Å². The molecule has 3 nitrogen and oxygen atoms in total. The number of ether oxygens (including phenoxy) is 2. The molecule has 0 atom stereocenters. The highest BCUT2D eigenvalue weighted by molar-refractivity contribution is 6.32. The van der Waals surface area contributed by atoms with Crippen LogP contribution in [0.4, 0.5) is 0 Å². The van der Waals surface area contributed by atoms with Crippen LogP contribution in [0.3, 0.4) is 0 Å². The van der Waals surface area contributed by atoms with Gasteiger partial charge < -0.3 is 15.2 Å². The number of benzene rings is 1. The van der Waals surface area contributed by atoms with Gasteiger partial charge in [0.25, 0.3) is 0 Å². The molecule has 0 amide bonds. The van der Waals surface area contributed by atoms with Crippen molar-refractivity contribution in [3.05, 3.63) is 22.7 Å². The van der Waals surface area contributed by atoms with Gasteiger partial charge in [-0.15, -0.1) is 0 Å². The van der Waals surface area contributed by atoms with Gasteiger partial charge in [0.2, 0.25) is 0 Å². The molecule has 4 heteroatoms. The fourth-order valence-electron chi connectivity index (χ4n) is 1.76. The van der Waals surface area contributed by atoms with E-state index in [1.807, 2.05) is 12.1 Å². The Morgan fingerprint density at radius 1 is 1.28 bits per heavy atom. The van der Waals surface area contributed by atoms with E-state index in [-0.39, 0.29) is 0 Å². The molecule has 2 N–H and O–H groups in total. The zero-order valence-corrected chi connectivity index (χ0v) is 12.1. The molecule has 18 heavy (non-hydrogen) atoms. The summed E-state index contributed by atoms with van der Waals surface area (Å²) >= 11 is 6.20. The molecule has 0 aliphatic carbocycles. The summed E-state index contributed by atoms with van der Waals surface area (Å²) in [5.41, 5.74) is 6.54. The van der Waals surface area contributed by atoms with Crippen LogP contribution in [0.2, 0.25) is 5.02 Å². The summed E-state index contributed by atoms with van der Waals surface area (Å²) in [6.07, 6.45) is 2.19. The molecule has 0 bridgehead atoms. The lowest BCUT2D eigenvalue weighted by atomic mass is 10.1. The maximum Gasteiger partial charge on any atom is 0.179 e. The van der Waals surface area contributed by atoms with E-state index in [1.165, 1.54) is 0 Å². The Morgan fingerprint density at radius 3 is 2.44 bits per heavy atom. The average molecular weight is 272 g/mol. The highest BCUT2D eigenvalue weighted by Gasteiger charge is 2.13. The zero-order valence-electron chi connectivity index (χ0n) is 11.3. The van der Waals surface area contributed by atoms with Crippen LogP contribution in [0.25, 0.3) is 0 Å². The molecule has 0 unspecified atom stereocenters. The molecular weight excluding hydrogens is 250 g/mol. The van der Waals surface area contributed by atoms with E-state index in [9.17, 15) is 0 Å². The summed E-state index contributed by atoms with van der Waals surface area (Å²) < 4.78 is 11.1. The quantitative estimate of drug-likeness (QED) is 0.824. The molecule has 0 heterocycles. The van der Waals surface area contributed by atoms with E-state index in [4.69, 9.17) is 26.8 Å². The highest BCUT2D eigenvalue weighted by Crippen LogP contribution is 2.36. The van der Waals surface area contributed by atoms with E-state index in [1.54, 1.807) is 7.11 Å². The lowest BCUT2D eigenvalue weighted by Gasteiger charge is -2.17. The SMILES string of the molecule is CCC(CC)COc1c(Cl)cc(CN)cc1OC. The third-order valence-corrected chi connectivity index (χ3v) is 3.42. The Balaban J connectivity index is 2.87. The van der Waals surface area contributed by atoms with Gasteiger partial charge in [-0.3, -0.25) is 0 Å². The van der Waals surface area contributed by atoms with E-state index < -0.39 is 0 Å². The maximum atomic E-state index is 6.20. The topological polar surface area (TPSA) is 44.5 Å². The van der Waals surface area contributed by atoms with Crippen LogP contribution in [0.5, 0.6) is 11.5 Å². The number of rotatable bonds is 7. The molecule has 0 aliphatic heterocycles. The Morgan fingerprint density at radius 2 is 1.94 bits per heavy atom. The summed E-state index contributed by atoms with van der Waals surface area (Å²) in [4.78, 5) is 0. The Labute approximate surface area is 114 Å². The van der Waals surface area contributed by atoms with E-state index in [2.05, 4.69) is 13.8 Å². The van der Waals surface area contributed by atoms with E-state index in [0.717, 1.165) is 18.4 Å². The van der Waals surface area contributed by atoms with E-state index >= 15 is 0 Å². The van der Waals surface area contributed by atoms with Gasteiger partial charge >= 0.3 is 0 Å². The predicted molar refractivity (Wildman–Crippen MR) is 75.5 cm³/mol. The van der Waals surface area contributed by atoms with Crippen molar-refractivity contribution >= 4 is 11.6 Å². The van der Waals surface area contributed by atoms with Crippen LogP contribution in [0, 0.1) is 5.92 Å². The minimum Gasteiger partial charge on any atom is -0.493 e. The predicted octanol–water partition coefficient (Wildman–Crippen LogP) is 3.62. The fourth-order valence-corrected chi connectivity index (χ4v) is 2.04. The first kappa shape index (κ1) is 15.1. The number of halogens is 1. The molecule has 102 valence electrons. The molecule has 0 saturated carbocycles. The van der Waals surface area contributed by atoms with Gasteiger partial charge in [-0.1, -0.05) is 38.3 Å². The molecule has 0 spiro atoms. The van der Waals surface area contributed by atoms with Crippen LogP contribution in [-0.2, 0) is 6.54 Å². The van der Waals surface area contributed by atoms with Crippen LogP contribution in [0.1, 0.15) is 32.3 Å². The summed E-state index contributed by atoms with van der Waals surface area (Å²) in [6, 6.07) is 3.69. The summed E-state index contributed by atoms with van der Waals surface area (Å²) in [5, 5.41) is 0.556. The standard InChI is InChI=1S/C14H22ClNO2/c1-4-10(5-2)9-18-14-12(15)6-11(8-16)7-13(14)17-3/h6-7,10H,4-5,8-9,16H2,1-3H3. The summed E-state index contributed by atoms with van der Waals surface area (Å²) in [7, 11) is 1.61. The van der Waals surface area contributed by atoms with Crippen molar-refractivity contribution < 1.29 is 9.47 Å². The highest BCUT2D eigenvalue weighted by atomic mass is 35.5. The van der Waals surface area contributed by atoms with Crippen molar-refractivity contribution in [2.75, 3.05) is 13.7 Å². The lowest BCUT2D eigenvalue weighted by Crippen LogP contribution is -2.11. The second-order valence-electron chi connectivity index (χ2n) is 4.31. The Bertz CT molecular complexity index is 378. The number of hydrogen-bond donors (Lipinski definition) is 1. The van der Waals surface area contributed by atoms with Gasteiger partial charge in [-0.05, 0) is 23.6 Å². The van der Waals surface area contributed by atoms with Crippen LogP contribution >= 0.6 is 11.6 Å². The molecule has 1 aromatic rings. The summed E-state index contributed by atoms with van der Waals surface area (Å²) in [6.45, 7) is 5.41. The third kappa shape index (κ3) is 3.79. The van der Waals surface area contributed by atoms with Crippen molar-refractivity contribution in [2.24, 2.45) is 11.7 Å². The van der Waals surface area contributed by atoms with Crippen molar-refractivity contribution in [3.63, 3.8) is 0 Å². The lowest BCUT2D eigenvalue weighted by molar-refractivity contribution is 0.230. The average Bonchev–Trinajstić information content (AvgIpc) is 2.40. The van der Waals surface area contributed by atoms with Gasteiger partial charge in [0.15, 0.2) is 11.5 Å². The van der Waals surface area contributed by atoms with Gasteiger partial charge in [-0.25, -0.2) is 0 Å². The second kappa shape index (κ2) is 7.49. The zero-order chi connectivity index (χ0) is 13.5. The van der Waals surface area contributed by atoms with Crippen molar-refractivity contribution in [1.82, 2.24) is 0 Å². The normalized spacial score (nSPS) is 10.8. The molecule has 1 rings (SSSR count). The Kier molecular flexibility index (Phi) is 6.30. The summed E-state index contributed by atoms with van der Waals surface area (Å²) in [5.74, 6) is 1.80. The fraction of sp³-hybridized carbons (Fsp3) is 0.571. The second-order valence-corrected chi connectivity index (χ2v) is 4.71. The maximum absolute atomic E-state index is 6.20. The molecule has 0 radical (unpaired) electrons. The molecule has 0 saturated heterocycles. The minimum absolute atomic E-state index is 0.433. The van der Waals surface area contributed by atoms with Gasteiger partial charge in [0, 0.05) is 6.54 Å². The smallest absolute Gasteiger partial charge is 0.179 e. The molecule has 0 aromatic heterocycles. The third-order valence-electron chi connectivity index (χ3n) is 3.14. The number of nitrogens with two attached hydrogens (primary N) is 1. The number of methoxy groups -OCH3 is 1. The first-order valence-electron chi connectivity index (χ1n) is 6.35. The molecule has 0 fully saturated rings.